The molecule has 0 unspecified atom stereocenters. The van der Waals surface area contributed by atoms with E-state index in [1.807, 2.05) is 12.1 Å². The molecule has 5 nitrogen and oxygen atoms in total. The molecule has 0 aliphatic carbocycles. The molecular weight excluding hydrogens is 328 g/mol. The Morgan fingerprint density at radius 2 is 2.21 bits per heavy atom. The van der Waals surface area contributed by atoms with E-state index in [1.165, 1.54) is 6.08 Å². The molecule has 3 aromatic rings. The smallest absolute Gasteiger partial charge is 0.206 e. The van der Waals surface area contributed by atoms with Crippen molar-refractivity contribution >= 4 is 23.5 Å². The molecule has 0 bridgehead atoms. The van der Waals surface area contributed by atoms with Crippen LogP contribution >= 0.6 is 11.6 Å². The lowest BCUT2D eigenvalue weighted by molar-refractivity contribution is 0.104. The maximum atomic E-state index is 11.9. The Morgan fingerprint density at radius 1 is 1.33 bits per heavy atom. The van der Waals surface area contributed by atoms with E-state index >= 15 is 0 Å². The lowest BCUT2D eigenvalue weighted by atomic mass is 10.2. The van der Waals surface area contributed by atoms with Gasteiger partial charge in [-0.05, 0) is 48.6 Å². The van der Waals surface area contributed by atoms with E-state index < -0.39 is 0 Å². The molecular formula is C18H15ClN2O3. The van der Waals surface area contributed by atoms with Gasteiger partial charge in [-0.1, -0.05) is 17.7 Å². The Labute approximate surface area is 144 Å². The van der Waals surface area contributed by atoms with E-state index in [4.69, 9.17) is 20.8 Å². The monoisotopic (exact) mass is 342 g/mol. The number of aromatic nitrogens is 2. The summed E-state index contributed by atoms with van der Waals surface area (Å²) in [7, 11) is 1.76. The summed E-state index contributed by atoms with van der Waals surface area (Å²) in [5, 5.41) is 4.67. The van der Waals surface area contributed by atoms with Gasteiger partial charge in [0.2, 0.25) is 5.78 Å². The van der Waals surface area contributed by atoms with E-state index in [2.05, 4.69) is 5.10 Å². The largest absolute Gasteiger partial charge is 0.486 e. The molecule has 2 aromatic heterocycles. The third kappa shape index (κ3) is 4.14. The first-order valence-electron chi connectivity index (χ1n) is 7.29. The number of hydrogen-bond donors (Lipinski definition) is 0. The zero-order valence-corrected chi connectivity index (χ0v) is 13.7. The molecule has 0 saturated carbocycles. The van der Waals surface area contributed by atoms with Gasteiger partial charge in [-0.15, -0.1) is 0 Å². The maximum absolute atomic E-state index is 11.9. The number of ether oxygens (including phenoxy) is 1. The number of rotatable bonds is 6. The predicted molar refractivity (Wildman–Crippen MR) is 91.1 cm³/mol. The standard InChI is InChI=1S/C18H15ClN2O3/c1-21-10-9-17(20-21)18(22)8-7-14-5-6-16(24-14)12-23-15-4-2-3-13(19)11-15/h2-11H,12H2,1H3. The first kappa shape index (κ1) is 16.1. The summed E-state index contributed by atoms with van der Waals surface area (Å²) in [4.78, 5) is 11.9. The fraction of sp³-hybridized carbons (Fsp3) is 0.111. The molecule has 0 aliphatic rings. The summed E-state index contributed by atoms with van der Waals surface area (Å²) in [6.45, 7) is 0.280. The van der Waals surface area contributed by atoms with Crippen molar-refractivity contribution in [2.45, 2.75) is 6.61 Å². The lowest BCUT2D eigenvalue weighted by Crippen LogP contribution is -1.97. The molecule has 2 heterocycles. The molecule has 1 aromatic carbocycles. The number of ketones is 1. The normalized spacial score (nSPS) is 11.1. The van der Waals surface area contributed by atoms with Crippen molar-refractivity contribution in [3.63, 3.8) is 0 Å². The summed E-state index contributed by atoms with van der Waals surface area (Å²) < 4.78 is 12.8. The zero-order chi connectivity index (χ0) is 16.9. The average molecular weight is 343 g/mol. The number of hydrogen-bond acceptors (Lipinski definition) is 4. The SMILES string of the molecule is Cn1ccc(C(=O)C=Cc2ccc(COc3cccc(Cl)c3)o2)n1. The topological polar surface area (TPSA) is 57.3 Å². The minimum atomic E-state index is -0.177. The van der Waals surface area contributed by atoms with Crippen LogP contribution in [0.2, 0.25) is 5.02 Å². The van der Waals surface area contributed by atoms with Crippen molar-refractivity contribution in [1.29, 1.82) is 0 Å². The van der Waals surface area contributed by atoms with Crippen LogP contribution in [0.1, 0.15) is 22.0 Å². The van der Waals surface area contributed by atoms with Crippen molar-refractivity contribution in [3.8, 4) is 5.75 Å². The van der Waals surface area contributed by atoms with Gasteiger partial charge < -0.3 is 9.15 Å². The first-order chi connectivity index (χ1) is 11.6. The first-order valence-corrected chi connectivity index (χ1v) is 7.67. The quantitative estimate of drug-likeness (QED) is 0.499. The molecule has 24 heavy (non-hydrogen) atoms. The highest BCUT2D eigenvalue weighted by molar-refractivity contribution is 6.30. The highest BCUT2D eigenvalue weighted by Gasteiger charge is 2.06. The van der Waals surface area contributed by atoms with Crippen LogP contribution in [0.5, 0.6) is 5.75 Å². The van der Waals surface area contributed by atoms with Crippen LogP contribution in [0, 0.1) is 0 Å². The van der Waals surface area contributed by atoms with Gasteiger partial charge in [0.05, 0.1) is 0 Å². The van der Waals surface area contributed by atoms with Gasteiger partial charge >= 0.3 is 0 Å². The number of benzene rings is 1. The van der Waals surface area contributed by atoms with E-state index in [0.717, 1.165) is 0 Å². The Morgan fingerprint density at radius 3 is 2.96 bits per heavy atom. The molecule has 3 rings (SSSR count). The molecule has 0 spiro atoms. The van der Waals surface area contributed by atoms with Crippen LogP contribution in [0.25, 0.3) is 6.08 Å². The number of aryl methyl sites for hydroxylation is 1. The average Bonchev–Trinajstić information content (AvgIpc) is 3.20. The van der Waals surface area contributed by atoms with Crippen LogP contribution in [-0.2, 0) is 13.7 Å². The van der Waals surface area contributed by atoms with E-state index in [1.54, 1.807) is 54.3 Å². The predicted octanol–water partition coefficient (Wildman–Crippen LogP) is 4.14. The van der Waals surface area contributed by atoms with E-state index in [-0.39, 0.29) is 12.4 Å². The third-order valence-corrected chi connectivity index (χ3v) is 3.46. The molecule has 0 aliphatic heterocycles. The van der Waals surface area contributed by atoms with Crippen molar-refractivity contribution in [2.75, 3.05) is 0 Å². The summed E-state index contributed by atoms with van der Waals surface area (Å²) in [5.41, 5.74) is 0.393. The molecule has 0 saturated heterocycles. The van der Waals surface area contributed by atoms with Crippen molar-refractivity contribution in [1.82, 2.24) is 9.78 Å². The van der Waals surface area contributed by atoms with Gasteiger partial charge in [0.15, 0.2) is 0 Å². The van der Waals surface area contributed by atoms with Crippen LogP contribution in [-0.4, -0.2) is 15.6 Å². The highest BCUT2D eigenvalue weighted by atomic mass is 35.5. The van der Waals surface area contributed by atoms with Crippen molar-refractivity contribution < 1.29 is 13.9 Å². The number of carbonyl (C=O) groups excluding carboxylic acids is 1. The van der Waals surface area contributed by atoms with Gasteiger partial charge in [0, 0.05) is 18.3 Å². The fourth-order valence-electron chi connectivity index (χ4n) is 2.06. The summed E-state index contributed by atoms with van der Waals surface area (Å²) in [6.07, 6.45) is 4.77. The van der Waals surface area contributed by atoms with Crippen molar-refractivity contribution in [3.05, 3.63) is 77.0 Å². The summed E-state index contributed by atoms with van der Waals surface area (Å²) in [6, 6.07) is 12.4. The van der Waals surface area contributed by atoms with Gasteiger partial charge in [0.25, 0.3) is 0 Å². The summed E-state index contributed by atoms with van der Waals surface area (Å²) in [5.74, 6) is 1.72. The number of furan rings is 1. The molecule has 122 valence electrons. The van der Waals surface area contributed by atoms with Gasteiger partial charge in [0.1, 0.15) is 29.6 Å². The van der Waals surface area contributed by atoms with Gasteiger partial charge in [-0.3, -0.25) is 9.48 Å². The van der Waals surface area contributed by atoms with Crippen LogP contribution < -0.4 is 4.74 Å². The molecule has 0 radical (unpaired) electrons. The molecule has 6 heteroatoms. The molecule has 0 N–H and O–H groups in total. The van der Waals surface area contributed by atoms with Crippen LogP contribution in [0.4, 0.5) is 0 Å². The van der Waals surface area contributed by atoms with Gasteiger partial charge in [-0.25, -0.2) is 0 Å². The van der Waals surface area contributed by atoms with E-state index in [9.17, 15) is 4.79 Å². The van der Waals surface area contributed by atoms with E-state index in [0.29, 0.717) is 28.0 Å². The van der Waals surface area contributed by atoms with Crippen molar-refractivity contribution in [2.24, 2.45) is 7.05 Å². The van der Waals surface area contributed by atoms with Crippen LogP contribution in [0.3, 0.4) is 0 Å². The third-order valence-electron chi connectivity index (χ3n) is 3.22. The second-order valence-corrected chi connectivity index (χ2v) is 5.56. The molecule has 0 amide bonds. The maximum Gasteiger partial charge on any atom is 0.206 e. The second-order valence-electron chi connectivity index (χ2n) is 5.12. The molecule has 0 atom stereocenters. The number of carbonyl (C=O) groups is 1. The fourth-order valence-corrected chi connectivity index (χ4v) is 2.24. The lowest BCUT2D eigenvalue weighted by Gasteiger charge is -2.03. The van der Waals surface area contributed by atoms with Gasteiger partial charge in [-0.2, -0.15) is 5.10 Å². The highest BCUT2D eigenvalue weighted by Crippen LogP contribution is 2.19. The minimum Gasteiger partial charge on any atom is -0.486 e. The molecule has 0 fully saturated rings. The Bertz CT molecular complexity index is 880. The second kappa shape index (κ2) is 7.19. The number of halogens is 1. The zero-order valence-electron chi connectivity index (χ0n) is 13.0. The Kier molecular flexibility index (Phi) is 4.82. The minimum absolute atomic E-state index is 0.177. The Balaban J connectivity index is 1.59. The number of allylic oxidation sites excluding steroid dienone is 1. The Hall–Kier alpha value is -2.79. The summed E-state index contributed by atoms with van der Waals surface area (Å²) >= 11 is 5.90. The number of nitrogens with zero attached hydrogens (tertiary/aromatic N) is 2. The van der Waals surface area contributed by atoms with Crippen LogP contribution in [0.15, 0.2) is 59.2 Å².